The van der Waals surface area contributed by atoms with E-state index in [4.69, 9.17) is 19.3 Å². The summed E-state index contributed by atoms with van der Waals surface area (Å²) in [5, 5.41) is 9.08. The molecule has 6 nitrogen and oxygen atoms in total. The predicted molar refractivity (Wildman–Crippen MR) is 130 cm³/mol. The van der Waals surface area contributed by atoms with Gasteiger partial charge < -0.3 is 19.3 Å². The Balaban J connectivity index is 1.22. The Morgan fingerprint density at radius 1 is 1.09 bits per heavy atom. The van der Waals surface area contributed by atoms with Gasteiger partial charge in [0.1, 0.15) is 23.9 Å². The molecule has 1 N–H and O–H groups in total. The van der Waals surface area contributed by atoms with Crippen LogP contribution in [-0.2, 0) is 11.4 Å². The number of aryl methyl sites for hydroxylation is 1. The molecule has 3 aromatic rings. The quantitative estimate of drug-likeness (QED) is 0.504. The number of hydrogen-bond donors (Lipinski definition) is 1. The average Bonchev–Trinajstić information content (AvgIpc) is 3.42. The van der Waals surface area contributed by atoms with E-state index in [1.165, 1.54) is 0 Å². The van der Waals surface area contributed by atoms with Crippen LogP contribution in [0.4, 0.5) is 0 Å². The molecular formula is C29H26O6. The third kappa shape index (κ3) is 3.64. The zero-order valence-corrected chi connectivity index (χ0v) is 19.7. The molecule has 6 heteroatoms. The fourth-order valence-corrected chi connectivity index (χ4v) is 5.39. The Bertz CT molecular complexity index is 1380. The minimum atomic E-state index is -0.829. The van der Waals surface area contributed by atoms with Crippen molar-refractivity contribution in [1.82, 2.24) is 0 Å². The van der Waals surface area contributed by atoms with E-state index in [1.807, 2.05) is 43.3 Å². The summed E-state index contributed by atoms with van der Waals surface area (Å²) in [6, 6.07) is 15.8. The van der Waals surface area contributed by atoms with Crippen LogP contribution < -0.4 is 14.2 Å². The number of fused-ring (bicyclic) bond motifs is 2. The molecule has 1 spiro atoms. The zero-order valence-electron chi connectivity index (χ0n) is 19.7. The van der Waals surface area contributed by atoms with Gasteiger partial charge >= 0.3 is 5.97 Å². The van der Waals surface area contributed by atoms with Gasteiger partial charge in [0.2, 0.25) is 5.78 Å². The molecular weight excluding hydrogens is 444 g/mol. The lowest BCUT2D eigenvalue weighted by Gasteiger charge is -2.15. The summed E-state index contributed by atoms with van der Waals surface area (Å²) in [4.78, 5) is 24.1. The number of ketones is 1. The Kier molecular flexibility index (Phi) is 4.88. The van der Waals surface area contributed by atoms with Gasteiger partial charge in [0.25, 0.3) is 0 Å². The van der Waals surface area contributed by atoms with Crippen molar-refractivity contribution in [3.05, 3.63) is 76.3 Å². The van der Waals surface area contributed by atoms with Crippen LogP contribution in [0.15, 0.2) is 48.5 Å². The van der Waals surface area contributed by atoms with E-state index < -0.39 is 11.6 Å². The van der Waals surface area contributed by atoms with E-state index in [-0.39, 0.29) is 18.1 Å². The first-order valence-electron chi connectivity index (χ1n) is 11.9. The van der Waals surface area contributed by atoms with E-state index in [0.29, 0.717) is 24.7 Å². The second-order valence-electron chi connectivity index (χ2n) is 9.79. The summed E-state index contributed by atoms with van der Waals surface area (Å²) >= 11 is 0. The summed E-state index contributed by atoms with van der Waals surface area (Å²) in [6.07, 6.45) is 1.66. The number of hydrogen-bond acceptors (Lipinski definition) is 5. The molecule has 1 aliphatic carbocycles. The van der Waals surface area contributed by atoms with Crippen LogP contribution in [-0.4, -0.2) is 29.1 Å². The van der Waals surface area contributed by atoms with Crippen LogP contribution in [0.1, 0.15) is 57.8 Å². The highest BCUT2D eigenvalue weighted by atomic mass is 16.5. The molecule has 178 valence electrons. The Morgan fingerprint density at radius 3 is 2.69 bits per heavy atom. The first-order valence-corrected chi connectivity index (χ1v) is 11.9. The monoisotopic (exact) mass is 470 g/mol. The minimum Gasteiger partial charge on any atom is -0.492 e. The third-order valence-electron chi connectivity index (χ3n) is 7.30. The highest BCUT2D eigenvalue weighted by Crippen LogP contribution is 2.52. The van der Waals surface area contributed by atoms with Crippen molar-refractivity contribution in [2.24, 2.45) is 0 Å². The smallest absolute Gasteiger partial charge is 0.304 e. The first-order chi connectivity index (χ1) is 16.8. The van der Waals surface area contributed by atoms with Crippen LogP contribution in [0, 0.1) is 13.8 Å². The van der Waals surface area contributed by atoms with Crippen molar-refractivity contribution in [2.75, 3.05) is 6.61 Å². The van der Waals surface area contributed by atoms with E-state index >= 15 is 0 Å². The van der Waals surface area contributed by atoms with Gasteiger partial charge in [-0.3, -0.25) is 9.59 Å². The second-order valence-corrected chi connectivity index (χ2v) is 9.79. The molecule has 35 heavy (non-hydrogen) atoms. The molecule has 2 heterocycles. The van der Waals surface area contributed by atoms with Gasteiger partial charge in [-0.15, -0.1) is 0 Å². The van der Waals surface area contributed by atoms with Gasteiger partial charge in [0.15, 0.2) is 5.60 Å². The van der Waals surface area contributed by atoms with Crippen LogP contribution >= 0.6 is 0 Å². The largest absolute Gasteiger partial charge is 0.492 e. The van der Waals surface area contributed by atoms with Crippen LogP contribution in [0.25, 0.3) is 11.1 Å². The molecule has 0 aromatic heterocycles. The lowest BCUT2D eigenvalue weighted by atomic mass is 9.89. The SMILES string of the molecule is Cc1cc2c(c(C)c1-c1cccc(COc3ccc4c(c3)OC[C@H]4CC(=O)O)c1)C(=O)C1(CC1)O2. The molecule has 2 aliphatic heterocycles. The van der Waals surface area contributed by atoms with E-state index in [2.05, 4.69) is 19.1 Å². The first kappa shape index (κ1) is 21.7. The Labute approximate surface area is 203 Å². The van der Waals surface area contributed by atoms with Crippen LogP contribution in [0.3, 0.4) is 0 Å². The summed E-state index contributed by atoms with van der Waals surface area (Å²) in [6.45, 7) is 4.81. The van der Waals surface area contributed by atoms with Crippen LogP contribution in [0.5, 0.6) is 17.2 Å². The predicted octanol–water partition coefficient (Wildman–Crippen LogP) is 5.61. The van der Waals surface area contributed by atoms with Gasteiger partial charge in [0, 0.05) is 17.5 Å². The number of carboxylic acid groups (broad SMARTS) is 1. The topological polar surface area (TPSA) is 82.1 Å². The fourth-order valence-electron chi connectivity index (χ4n) is 5.39. The standard InChI is InChI=1S/C29H26O6/c1-16-10-24-27(28(32)29(35-24)8-9-29)17(2)26(16)19-5-3-4-18(11-19)14-33-21-6-7-22-20(12-25(30)31)15-34-23(22)13-21/h3-7,10-11,13,20H,8-9,12,14-15H2,1-2H3,(H,30,31)/t20-/m1/s1. The molecule has 3 aromatic carbocycles. The number of rotatable bonds is 6. The van der Waals surface area contributed by atoms with Gasteiger partial charge in [-0.2, -0.15) is 0 Å². The minimum absolute atomic E-state index is 0.0558. The maximum absolute atomic E-state index is 13.0. The summed E-state index contributed by atoms with van der Waals surface area (Å²) in [7, 11) is 0. The normalized spacial score (nSPS) is 18.6. The van der Waals surface area contributed by atoms with Crippen molar-refractivity contribution in [2.45, 2.75) is 51.2 Å². The number of carboxylic acids is 1. The van der Waals surface area contributed by atoms with Crippen molar-refractivity contribution >= 4 is 11.8 Å². The highest BCUT2D eigenvalue weighted by Gasteiger charge is 2.58. The van der Waals surface area contributed by atoms with Crippen molar-refractivity contribution in [1.29, 1.82) is 0 Å². The van der Waals surface area contributed by atoms with E-state index in [1.54, 1.807) is 0 Å². The fraction of sp³-hybridized carbons (Fsp3) is 0.310. The number of aliphatic carboxylic acids is 1. The Hall–Kier alpha value is -3.80. The third-order valence-corrected chi connectivity index (χ3v) is 7.30. The number of ether oxygens (including phenoxy) is 3. The maximum atomic E-state index is 13.0. The molecule has 1 fully saturated rings. The molecule has 0 saturated heterocycles. The molecule has 0 amide bonds. The number of benzene rings is 3. The molecule has 6 rings (SSSR count). The molecule has 0 unspecified atom stereocenters. The molecule has 0 radical (unpaired) electrons. The number of carbonyl (C=O) groups is 2. The lowest BCUT2D eigenvalue weighted by Crippen LogP contribution is -2.22. The van der Waals surface area contributed by atoms with Gasteiger partial charge in [-0.1, -0.05) is 24.3 Å². The average molecular weight is 471 g/mol. The summed E-state index contributed by atoms with van der Waals surface area (Å²) < 4.78 is 17.8. The lowest BCUT2D eigenvalue weighted by molar-refractivity contribution is -0.137. The molecule has 1 atom stereocenters. The van der Waals surface area contributed by atoms with E-state index in [9.17, 15) is 9.59 Å². The highest BCUT2D eigenvalue weighted by molar-refractivity contribution is 6.11. The molecule has 1 saturated carbocycles. The Morgan fingerprint density at radius 2 is 1.91 bits per heavy atom. The van der Waals surface area contributed by atoms with Gasteiger partial charge in [0.05, 0.1) is 18.6 Å². The maximum Gasteiger partial charge on any atom is 0.304 e. The number of carbonyl (C=O) groups excluding carboxylic acids is 1. The van der Waals surface area contributed by atoms with Crippen LogP contribution in [0.2, 0.25) is 0 Å². The van der Waals surface area contributed by atoms with E-state index in [0.717, 1.165) is 57.5 Å². The van der Waals surface area contributed by atoms with Crippen molar-refractivity contribution in [3.8, 4) is 28.4 Å². The molecule has 0 bridgehead atoms. The summed E-state index contributed by atoms with van der Waals surface area (Å²) in [5.41, 5.74) is 6.21. The zero-order chi connectivity index (χ0) is 24.3. The van der Waals surface area contributed by atoms with Gasteiger partial charge in [-0.25, -0.2) is 0 Å². The van der Waals surface area contributed by atoms with Crippen molar-refractivity contribution in [3.63, 3.8) is 0 Å². The molecule has 3 aliphatic rings. The summed E-state index contributed by atoms with van der Waals surface area (Å²) in [5.74, 6) is 1.24. The second kappa shape index (κ2) is 7.87. The van der Waals surface area contributed by atoms with Crippen molar-refractivity contribution < 1.29 is 28.9 Å². The van der Waals surface area contributed by atoms with Gasteiger partial charge in [-0.05, 0) is 72.7 Å². The number of Topliss-reactive ketones (excluding diaryl/α,β-unsaturated/α-hetero) is 1.